The molecule has 0 atom stereocenters. The molecule has 0 aromatic rings. The average Bonchev–Trinajstić information content (AvgIpc) is 2.01. The molecule has 0 radical (unpaired) electrons. The van der Waals surface area contributed by atoms with E-state index >= 15 is 0 Å². The van der Waals surface area contributed by atoms with Gasteiger partial charge in [-0.1, -0.05) is 0 Å². The minimum absolute atomic E-state index is 0.0547. The van der Waals surface area contributed by atoms with Gasteiger partial charge in [0.2, 0.25) is 10.0 Å². The minimum atomic E-state index is -3.25. The van der Waals surface area contributed by atoms with Crippen LogP contribution in [0.15, 0.2) is 0 Å². The van der Waals surface area contributed by atoms with Gasteiger partial charge in [-0.15, -0.1) is 0 Å². The lowest BCUT2D eigenvalue weighted by atomic mass is 10.8. The summed E-state index contributed by atoms with van der Waals surface area (Å²) in [6.45, 7) is 2.38. The number of hydrogen-bond donors (Lipinski definition) is 2. The standard InChI is InChI=1S/C6H15NO4S/c1-2-11-5-6-12(9,10)7-3-4-8/h7-8H,2-6H2,1H3. The fourth-order valence-corrected chi connectivity index (χ4v) is 1.47. The zero-order valence-electron chi connectivity index (χ0n) is 7.12. The number of aliphatic hydroxyl groups is 1. The van der Waals surface area contributed by atoms with Crippen LogP contribution in [-0.4, -0.2) is 45.6 Å². The van der Waals surface area contributed by atoms with Crippen molar-refractivity contribution in [3.05, 3.63) is 0 Å². The molecule has 0 aliphatic rings. The Balaban J connectivity index is 3.58. The van der Waals surface area contributed by atoms with Crippen molar-refractivity contribution < 1.29 is 18.3 Å². The summed E-state index contributed by atoms with van der Waals surface area (Å²) >= 11 is 0. The van der Waals surface area contributed by atoms with E-state index in [-0.39, 0.29) is 25.5 Å². The highest BCUT2D eigenvalue weighted by Gasteiger charge is 2.07. The summed E-state index contributed by atoms with van der Waals surface area (Å²) in [4.78, 5) is 0. The Bertz CT molecular complexity index is 190. The van der Waals surface area contributed by atoms with Crippen molar-refractivity contribution in [3.8, 4) is 0 Å². The van der Waals surface area contributed by atoms with Crippen molar-refractivity contribution in [3.63, 3.8) is 0 Å². The fraction of sp³-hybridized carbons (Fsp3) is 1.00. The first-order valence-corrected chi connectivity index (χ1v) is 5.43. The summed E-state index contributed by atoms with van der Waals surface area (Å²) in [5.74, 6) is -0.0547. The molecule has 5 nitrogen and oxygen atoms in total. The molecule has 2 N–H and O–H groups in total. The van der Waals surface area contributed by atoms with Crippen LogP contribution in [0.5, 0.6) is 0 Å². The topological polar surface area (TPSA) is 75.6 Å². The van der Waals surface area contributed by atoms with E-state index in [1.165, 1.54) is 0 Å². The lowest BCUT2D eigenvalue weighted by molar-refractivity contribution is 0.163. The Morgan fingerprint density at radius 2 is 2.17 bits per heavy atom. The van der Waals surface area contributed by atoms with Gasteiger partial charge in [-0.2, -0.15) is 0 Å². The van der Waals surface area contributed by atoms with Crippen LogP contribution in [0.4, 0.5) is 0 Å². The average molecular weight is 197 g/mol. The van der Waals surface area contributed by atoms with Gasteiger partial charge in [0.1, 0.15) is 0 Å². The van der Waals surface area contributed by atoms with E-state index in [9.17, 15) is 8.42 Å². The second-order valence-corrected chi connectivity index (χ2v) is 4.06. The Hall–Kier alpha value is -0.170. The Labute approximate surface area is 72.8 Å². The number of nitrogens with one attached hydrogen (secondary N) is 1. The maximum absolute atomic E-state index is 11.0. The minimum Gasteiger partial charge on any atom is -0.395 e. The first kappa shape index (κ1) is 11.8. The van der Waals surface area contributed by atoms with Crippen LogP contribution in [0.25, 0.3) is 0 Å². The summed E-state index contributed by atoms with van der Waals surface area (Å²) in [5.41, 5.74) is 0. The molecule has 0 unspecified atom stereocenters. The number of hydrogen-bond acceptors (Lipinski definition) is 4. The Morgan fingerprint density at radius 1 is 1.50 bits per heavy atom. The van der Waals surface area contributed by atoms with Crippen molar-refractivity contribution in [2.24, 2.45) is 0 Å². The third kappa shape index (κ3) is 6.53. The highest BCUT2D eigenvalue weighted by Crippen LogP contribution is 1.84. The predicted octanol–water partition coefficient (Wildman–Crippen LogP) is -1.07. The summed E-state index contributed by atoms with van der Waals surface area (Å²) < 4.78 is 29.0. The van der Waals surface area contributed by atoms with E-state index in [2.05, 4.69) is 4.72 Å². The molecule has 6 heteroatoms. The number of rotatable bonds is 7. The fourth-order valence-electron chi connectivity index (χ4n) is 0.586. The molecule has 0 spiro atoms. The van der Waals surface area contributed by atoms with Crippen molar-refractivity contribution in [1.82, 2.24) is 4.72 Å². The van der Waals surface area contributed by atoms with E-state index in [4.69, 9.17) is 9.84 Å². The van der Waals surface area contributed by atoms with Crippen molar-refractivity contribution >= 4 is 10.0 Å². The van der Waals surface area contributed by atoms with Gasteiger partial charge < -0.3 is 9.84 Å². The summed E-state index contributed by atoms with van der Waals surface area (Å²) in [6, 6.07) is 0. The van der Waals surface area contributed by atoms with Gasteiger partial charge in [-0.25, -0.2) is 13.1 Å². The number of ether oxygens (including phenoxy) is 1. The first-order valence-electron chi connectivity index (χ1n) is 3.78. The molecule has 0 bridgehead atoms. The lowest BCUT2D eigenvalue weighted by Crippen LogP contribution is -2.30. The molecule has 0 aliphatic heterocycles. The number of aliphatic hydroxyl groups excluding tert-OH is 1. The molecule has 0 fully saturated rings. The zero-order valence-corrected chi connectivity index (χ0v) is 7.93. The first-order chi connectivity index (χ1) is 5.62. The smallest absolute Gasteiger partial charge is 0.213 e. The Morgan fingerprint density at radius 3 is 2.67 bits per heavy atom. The molecule has 0 heterocycles. The molecular weight excluding hydrogens is 182 g/mol. The van der Waals surface area contributed by atoms with Crippen LogP contribution < -0.4 is 4.72 Å². The molecule has 0 aromatic carbocycles. The van der Waals surface area contributed by atoms with E-state index in [0.29, 0.717) is 6.61 Å². The summed E-state index contributed by atoms with van der Waals surface area (Å²) in [7, 11) is -3.25. The zero-order chi connectivity index (χ0) is 9.45. The van der Waals surface area contributed by atoms with Crippen molar-refractivity contribution in [1.29, 1.82) is 0 Å². The molecule has 12 heavy (non-hydrogen) atoms. The Kier molecular flexibility index (Phi) is 6.27. The highest BCUT2D eigenvalue weighted by atomic mass is 32.2. The van der Waals surface area contributed by atoms with Crippen LogP contribution in [0.2, 0.25) is 0 Å². The summed E-state index contributed by atoms with van der Waals surface area (Å²) in [6.07, 6.45) is 0. The third-order valence-corrected chi connectivity index (χ3v) is 2.48. The van der Waals surface area contributed by atoms with Crippen LogP contribution in [0.1, 0.15) is 6.92 Å². The van der Waals surface area contributed by atoms with Crippen LogP contribution in [-0.2, 0) is 14.8 Å². The van der Waals surface area contributed by atoms with Gasteiger partial charge in [-0.3, -0.25) is 0 Å². The largest absolute Gasteiger partial charge is 0.395 e. The van der Waals surface area contributed by atoms with Gasteiger partial charge in [-0.05, 0) is 6.92 Å². The van der Waals surface area contributed by atoms with Crippen LogP contribution >= 0.6 is 0 Å². The van der Waals surface area contributed by atoms with Gasteiger partial charge >= 0.3 is 0 Å². The third-order valence-electron chi connectivity index (χ3n) is 1.13. The highest BCUT2D eigenvalue weighted by molar-refractivity contribution is 7.89. The van der Waals surface area contributed by atoms with Gasteiger partial charge in [0.25, 0.3) is 0 Å². The van der Waals surface area contributed by atoms with Crippen molar-refractivity contribution in [2.45, 2.75) is 6.92 Å². The maximum atomic E-state index is 11.0. The van der Waals surface area contributed by atoms with E-state index in [1.54, 1.807) is 6.92 Å². The van der Waals surface area contributed by atoms with Gasteiger partial charge in [0.15, 0.2) is 0 Å². The SMILES string of the molecule is CCOCCS(=O)(=O)NCCO. The second kappa shape index (κ2) is 6.36. The second-order valence-electron chi connectivity index (χ2n) is 2.13. The monoisotopic (exact) mass is 197 g/mol. The maximum Gasteiger partial charge on any atom is 0.213 e. The molecule has 0 amide bonds. The van der Waals surface area contributed by atoms with Crippen LogP contribution in [0.3, 0.4) is 0 Å². The quantitative estimate of drug-likeness (QED) is 0.510. The molecule has 0 aliphatic carbocycles. The van der Waals surface area contributed by atoms with Crippen LogP contribution in [0, 0.1) is 0 Å². The molecule has 0 aromatic heterocycles. The summed E-state index contributed by atoms with van der Waals surface area (Å²) in [5, 5.41) is 8.34. The molecule has 0 saturated carbocycles. The van der Waals surface area contributed by atoms with Crippen molar-refractivity contribution in [2.75, 3.05) is 32.1 Å². The van der Waals surface area contributed by atoms with E-state index in [0.717, 1.165) is 0 Å². The lowest BCUT2D eigenvalue weighted by Gasteiger charge is -2.04. The molecule has 0 saturated heterocycles. The number of sulfonamides is 1. The molecule has 0 rings (SSSR count). The van der Waals surface area contributed by atoms with E-state index < -0.39 is 10.0 Å². The van der Waals surface area contributed by atoms with E-state index in [1.807, 2.05) is 0 Å². The van der Waals surface area contributed by atoms with Gasteiger partial charge in [0, 0.05) is 13.2 Å². The molecular formula is C6H15NO4S. The van der Waals surface area contributed by atoms with Gasteiger partial charge in [0.05, 0.1) is 19.0 Å². The normalized spacial score (nSPS) is 11.8. The predicted molar refractivity (Wildman–Crippen MR) is 45.4 cm³/mol. The molecule has 74 valence electrons.